The first-order valence-corrected chi connectivity index (χ1v) is 9.36. The Kier molecular flexibility index (Phi) is 4.27. The van der Waals surface area contributed by atoms with Crippen LogP contribution in [0, 0.1) is 0 Å². The summed E-state index contributed by atoms with van der Waals surface area (Å²) in [5.41, 5.74) is 2.62. The van der Waals surface area contributed by atoms with E-state index >= 15 is 0 Å². The molecule has 0 fully saturated rings. The molecule has 3 aromatic rings. The average molecular weight is 410 g/mol. The van der Waals surface area contributed by atoms with E-state index < -0.39 is 12.2 Å². The Bertz CT molecular complexity index is 1120. The zero-order valence-corrected chi connectivity index (χ0v) is 15.7. The Balaban J connectivity index is 1.51. The van der Waals surface area contributed by atoms with Crippen LogP contribution in [0.3, 0.4) is 0 Å². The van der Waals surface area contributed by atoms with Gasteiger partial charge in [0.15, 0.2) is 11.5 Å². The van der Waals surface area contributed by atoms with E-state index in [1.165, 1.54) is 23.1 Å². The monoisotopic (exact) mass is 410 g/mol. The largest absolute Gasteiger partial charge is 0.586 e. The van der Waals surface area contributed by atoms with Crippen LogP contribution in [-0.2, 0) is 6.54 Å². The van der Waals surface area contributed by atoms with Crippen molar-refractivity contribution in [1.82, 2.24) is 9.88 Å². The maximum atomic E-state index is 13.5. The lowest BCUT2D eigenvalue weighted by molar-refractivity contribution is -0.286. The number of carbonyl (C=O) groups excluding carboxylic acids is 1. The zero-order valence-electron chi connectivity index (χ0n) is 15.7. The van der Waals surface area contributed by atoms with Crippen LogP contribution in [0.1, 0.15) is 15.9 Å². The minimum Gasteiger partial charge on any atom is -0.476 e. The molecule has 8 heteroatoms. The second-order valence-electron chi connectivity index (χ2n) is 6.88. The summed E-state index contributed by atoms with van der Waals surface area (Å²) in [7, 11) is 0. The lowest BCUT2D eigenvalue weighted by atomic mass is 10.0. The molecule has 0 bridgehead atoms. The predicted molar refractivity (Wildman–Crippen MR) is 103 cm³/mol. The normalized spacial score (nSPS) is 16.4. The molecule has 5 rings (SSSR count). The predicted octanol–water partition coefficient (Wildman–Crippen LogP) is 4.10. The fourth-order valence-electron chi connectivity index (χ4n) is 3.64. The Morgan fingerprint density at radius 3 is 2.70 bits per heavy atom. The van der Waals surface area contributed by atoms with Crippen LogP contribution in [0.4, 0.5) is 8.78 Å². The van der Waals surface area contributed by atoms with E-state index in [-0.39, 0.29) is 36.8 Å². The highest BCUT2D eigenvalue weighted by atomic mass is 19.3. The van der Waals surface area contributed by atoms with Gasteiger partial charge in [0.1, 0.15) is 6.61 Å². The Morgan fingerprint density at radius 2 is 1.87 bits per heavy atom. The van der Waals surface area contributed by atoms with Gasteiger partial charge >= 0.3 is 6.29 Å². The summed E-state index contributed by atoms with van der Waals surface area (Å²) in [6, 6.07) is 15.8. The number of hydrogen-bond donors (Lipinski definition) is 0. The van der Waals surface area contributed by atoms with Gasteiger partial charge in [0, 0.05) is 11.8 Å². The zero-order chi connectivity index (χ0) is 20.7. The van der Waals surface area contributed by atoms with Gasteiger partial charge in [-0.15, -0.1) is 8.78 Å². The quantitative estimate of drug-likeness (QED) is 0.637. The number of ether oxygens (including phenoxy) is 3. The molecule has 0 unspecified atom stereocenters. The summed E-state index contributed by atoms with van der Waals surface area (Å²) in [6.07, 6.45) is -2.13. The smallest absolute Gasteiger partial charge is 0.476 e. The third-order valence-electron chi connectivity index (χ3n) is 5.00. The second-order valence-corrected chi connectivity index (χ2v) is 6.88. The molecular formula is C22H16F2N2O4. The highest BCUT2D eigenvalue weighted by Crippen LogP contribution is 2.44. The number of pyridine rings is 1. The van der Waals surface area contributed by atoms with E-state index in [1.807, 2.05) is 36.4 Å². The van der Waals surface area contributed by atoms with E-state index in [4.69, 9.17) is 4.74 Å². The molecule has 3 heterocycles. The molecule has 0 N–H and O–H groups in total. The van der Waals surface area contributed by atoms with Crippen molar-refractivity contribution in [1.29, 1.82) is 0 Å². The number of hydrogen-bond acceptors (Lipinski definition) is 5. The van der Waals surface area contributed by atoms with Crippen LogP contribution in [0.15, 0.2) is 60.8 Å². The molecule has 6 nitrogen and oxygen atoms in total. The molecule has 0 aliphatic carbocycles. The van der Waals surface area contributed by atoms with Gasteiger partial charge in [-0.05, 0) is 29.3 Å². The van der Waals surface area contributed by atoms with Crippen molar-refractivity contribution >= 4 is 5.91 Å². The van der Waals surface area contributed by atoms with Gasteiger partial charge in [-0.1, -0.05) is 36.4 Å². The molecule has 0 saturated heterocycles. The SMILES string of the molecule is O=C(c1cccc2c1OC(F)(F)O2)N1CCOc2nccc(-c3ccccc3)c2C1. The van der Waals surface area contributed by atoms with Crippen LogP contribution in [-0.4, -0.2) is 35.2 Å². The number of halogens is 2. The Labute approximate surface area is 170 Å². The van der Waals surface area contributed by atoms with Gasteiger partial charge in [0.05, 0.1) is 18.7 Å². The lowest BCUT2D eigenvalue weighted by Gasteiger charge is -2.21. The highest BCUT2D eigenvalue weighted by molar-refractivity contribution is 5.98. The fourth-order valence-corrected chi connectivity index (χ4v) is 3.64. The first kappa shape index (κ1) is 18.4. The number of para-hydroxylation sites is 1. The molecule has 2 aliphatic rings. The average Bonchev–Trinajstić information content (AvgIpc) is 2.92. The number of fused-ring (bicyclic) bond motifs is 2. The summed E-state index contributed by atoms with van der Waals surface area (Å²) in [5, 5.41) is 0. The van der Waals surface area contributed by atoms with Crippen LogP contribution < -0.4 is 14.2 Å². The van der Waals surface area contributed by atoms with Crippen LogP contribution in [0.2, 0.25) is 0 Å². The van der Waals surface area contributed by atoms with Gasteiger partial charge in [0.2, 0.25) is 5.88 Å². The molecule has 152 valence electrons. The molecule has 1 amide bonds. The van der Waals surface area contributed by atoms with Crippen molar-refractivity contribution in [3.05, 3.63) is 71.9 Å². The van der Waals surface area contributed by atoms with Crippen molar-refractivity contribution in [3.8, 4) is 28.5 Å². The van der Waals surface area contributed by atoms with Crippen molar-refractivity contribution < 1.29 is 27.8 Å². The van der Waals surface area contributed by atoms with Gasteiger partial charge in [-0.2, -0.15) is 0 Å². The van der Waals surface area contributed by atoms with Crippen LogP contribution in [0.5, 0.6) is 17.4 Å². The number of alkyl halides is 2. The Morgan fingerprint density at radius 1 is 1.03 bits per heavy atom. The van der Waals surface area contributed by atoms with E-state index in [0.29, 0.717) is 5.88 Å². The van der Waals surface area contributed by atoms with Gasteiger partial charge in [-0.25, -0.2) is 4.98 Å². The minimum atomic E-state index is -3.79. The Hall–Kier alpha value is -3.68. The molecule has 0 radical (unpaired) electrons. The summed E-state index contributed by atoms with van der Waals surface area (Å²) in [5.74, 6) is -0.417. The summed E-state index contributed by atoms with van der Waals surface area (Å²) < 4.78 is 41.9. The van der Waals surface area contributed by atoms with Gasteiger partial charge in [-0.3, -0.25) is 4.79 Å². The van der Waals surface area contributed by atoms with E-state index in [1.54, 1.807) is 6.20 Å². The maximum Gasteiger partial charge on any atom is 0.586 e. The fraction of sp³-hybridized carbons (Fsp3) is 0.182. The van der Waals surface area contributed by atoms with E-state index in [2.05, 4.69) is 14.5 Å². The van der Waals surface area contributed by atoms with E-state index in [9.17, 15) is 13.6 Å². The summed E-state index contributed by atoms with van der Waals surface area (Å²) in [4.78, 5) is 19.1. The molecule has 2 aromatic carbocycles. The molecule has 30 heavy (non-hydrogen) atoms. The molecule has 1 aromatic heterocycles. The third-order valence-corrected chi connectivity index (χ3v) is 5.00. The number of amides is 1. The second kappa shape index (κ2) is 6.98. The molecule has 2 aliphatic heterocycles. The van der Waals surface area contributed by atoms with Crippen molar-refractivity contribution in [3.63, 3.8) is 0 Å². The molecule has 0 spiro atoms. The van der Waals surface area contributed by atoms with Gasteiger partial charge < -0.3 is 19.1 Å². The standard InChI is InChI=1S/C22H16F2N2O4/c23-22(24)29-18-8-4-7-16(19(18)30-22)21(27)26-11-12-28-20-17(13-26)15(9-10-25-20)14-5-2-1-3-6-14/h1-10H,11-13H2. The van der Waals surface area contributed by atoms with Gasteiger partial charge in [0.25, 0.3) is 5.91 Å². The first-order chi connectivity index (χ1) is 14.5. The highest BCUT2D eigenvalue weighted by Gasteiger charge is 2.45. The maximum absolute atomic E-state index is 13.5. The number of nitrogens with zero attached hydrogens (tertiary/aromatic N) is 2. The third kappa shape index (κ3) is 3.20. The summed E-state index contributed by atoms with van der Waals surface area (Å²) >= 11 is 0. The number of benzene rings is 2. The number of carbonyl (C=O) groups is 1. The lowest BCUT2D eigenvalue weighted by Crippen LogP contribution is -2.33. The van der Waals surface area contributed by atoms with E-state index in [0.717, 1.165) is 16.7 Å². The topological polar surface area (TPSA) is 60.9 Å². The van der Waals surface area contributed by atoms with Crippen LogP contribution in [0.25, 0.3) is 11.1 Å². The van der Waals surface area contributed by atoms with Crippen molar-refractivity contribution in [2.45, 2.75) is 12.8 Å². The summed E-state index contributed by atoms with van der Waals surface area (Å²) in [6.45, 7) is 0.712. The number of aromatic nitrogens is 1. The minimum absolute atomic E-state index is 0.0123. The molecule has 0 saturated carbocycles. The molecule has 0 atom stereocenters. The van der Waals surface area contributed by atoms with Crippen molar-refractivity contribution in [2.75, 3.05) is 13.2 Å². The molecular weight excluding hydrogens is 394 g/mol. The van der Waals surface area contributed by atoms with Crippen molar-refractivity contribution in [2.24, 2.45) is 0 Å². The first-order valence-electron chi connectivity index (χ1n) is 9.36. The van der Waals surface area contributed by atoms with Crippen LogP contribution >= 0.6 is 0 Å². The number of rotatable bonds is 2.